The number of carboxylic acid groups (broad SMARTS) is 1. The van der Waals surface area contributed by atoms with Crippen LogP contribution in [0.15, 0.2) is 48.7 Å². The number of hydrogen-bond acceptors (Lipinski definition) is 3. The first-order valence-electron chi connectivity index (χ1n) is 10.8. The Balaban J connectivity index is 1.51. The van der Waals surface area contributed by atoms with E-state index in [2.05, 4.69) is 11.1 Å². The van der Waals surface area contributed by atoms with Gasteiger partial charge in [0.05, 0.1) is 5.52 Å². The maximum absolute atomic E-state index is 11.0. The van der Waals surface area contributed by atoms with E-state index in [1.54, 1.807) is 12.3 Å². The summed E-state index contributed by atoms with van der Waals surface area (Å²) in [4.78, 5) is 15.6. The molecule has 0 spiro atoms. The average molecular weight is 434 g/mol. The lowest BCUT2D eigenvalue weighted by molar-refractivity contribution is -0.131. The van der Waals surface area contributed by atoms with Gasteiger partial charge in [-0.3, -0.25) is 4.98 Å². The molecule has 2 aliphatic rings. The topological polar surface area (TPSA) is 59.4 Å². The lowest BCUT2D eigenvalue weighted by Crippen LogP contribution is -2.07. The quantitative estimate of drug-likeness (QED) is 0.412. The number of nitrogens with zero attached hydrogens (tertiary/aromatic N) is 1. The van der Waals surface area contributed by atoms with Gasteiger partial charge in [-0.05, 0) is 91.5 Å². The van der Waals surface area contributed by atoms with Crippen molar-refractivity contribution in [1.29, 1.82) is 0 Å². The molecule has 1 atom stereocenters. The third kappa shape index (κ3) is 4.17. The van der Waals surface area contributed by atoms with Crippen molar-refractivity contribution in [3.63, 3.8) is 0 Å². The Morgan fingerprint density at radius 3 is 2.68 bits per heavy atom. The number of hydrogen-bond donors (Lipinski definition) is 1. The lowest BCUT2D eigenvalue weighted by atomic mass is 9.98. The zero-order chi connectivity index (χ0) is 21.5. The van der Waals surface area contributed by atoms with Crippen LogP contribution < -0.4 is 4.74 Å². The second-order valence-corrected chi connectivity index (χ2v) is 8.94. The highest BCUT2D eigenvalue weighted by atomic mass is 35.5. The van der Waals surface area contributed by atoms with Crippen molar-refractivity contribution >= 4 is 34.5 Å². The van der Waals surface area contributed by atoms with Gasteiger partial charge in [0, 0.05) is 28.2 Å². The lowest BCUT2D eigenvalue weighted by Gasteiger charge is -2.20. The van der Waals surface area contributed by atoms with E-state index in [1.807, 2.05) is 37.3 Å². The van der Waals surface area contributed by atoms with Gasteiger partial charge in [-0.1, -0.05) is 23.7 Å². The Kier molecular flexibility index (Phi) is 5.19. The van der Waals surface area contributed by atoms with Crippen LogP contribution in [0, 0.1) is 0 Å². The van der Waals surface area contributed by atoms with Crippen molar-refractivity contribution in [3.05, 3.63) is 75.9 Å². The minimum Gasteiger partial charge on any atom is -0.486 e. The molecule has 4 nitrogen and oxygen atoms in total. The maximum Gasteiger partial charge on any atom is 0.328 e. The van der Waals surface area contributed by atoms with Crippen LogP contribution in [0.2, 0.25) is 5.02 Å². The number of benzene rings is 2. The van der Waals surface area contributed by atoms with E-state index in [-0.39, 0.29) is 6.10 Å². The molecule has 1 heterocycles. The minimum absolute atomic E-state index is 0.172. The summed E-state index contributed by atoms with van der Waals surface area (Å²) < 4.78 is 6.38. The average Bonchev–Trinajstić information content (AvgIpc) is 3.64. The summed E-state index contributed by atoms with van der Waals surface area (Å²) in [6, 6.07) is 12.1. The van der Waals surface area contributed by atoms with Gasteiger partial charge >= 0.3 is 5.97 Å². The number of fused-ring (bicyclic) bond motifs is 1. The van der Waals surface area contributed by atoms with Gasteiger partial charge in [0.1, 0.15) is 11.9 Å². The van der Waals surface area contributed by atoms with Crippen LogP contribution in [0.4, 0.5) is 0 Å². The Bertz CT molecular complexity index is 1190. The van der Waals surface area contributed by atoms with Gasteiger partial charge in [-0.25, -0.2) is 4.79 Å². The molecule has 5 rings (SSSR count). The van der Waals surface area contributed by atoms with Gasteiger partial charge < -0.3 is 9.84 Å². The molecular weight excluding hydrogens is 410 g/mol. The molecule has 1 N–H and O–H groups in total. The molecule has 1 aromatic heterocycles. The monoisotopic (exact) mass is 433 g/mol. The third-order valence-electron chi connectivity index (χ3n) is 6.13. The third-order valence-corrected chi connectivity index (χ3v) is 6.46. The number of aromatic nitrogens is 1. The highest BCUT2D eigenvalue weighted by molar-refractivity contribution is 6.31. The van der Waals surface area contributed by atoms with E-state index in [9.17, 15) is 4.79 Å². The molecule has 0 aliphatic heterocycles. The maximum atomic E-state index is 11.0. The summed E-state index contributed by atoms with van der Waals surface area (Å²) >= 11 is 6.57. The molecule has 3 aromatic rings. The molecule has 2 aromatic carbocycles. The second kappa shape index (κ2) is 8.01. The van der Waals surface area contributed by atoms with E-state index < -0.39 is 5.97 Å². The fourth-order valence-electron chi connectivity index (χ4n) is 4.40. The van der Waals surface area contributed by atoms with Crippen LogP contribution in [0.25, 0.3) is 17.0 Å². The zero-order valence-electron chi connectivity index (χ0n) is 17.3. The number of carbonyl (C=O) groups is 1. The smallest absolute Gasteiger partial charge is 0.328 e. The highest BCUT2D eigenvalue weighted by Gasteiger charge is 2.30. The molecule has 0 bridgehead atoms. The van der Waals surface area contributed by atoms with Gasteiger partial charge in [0.15, 0.2) is 0 Å². The zero-order valence-corrected chi connectivity index (χ0v) is 18.1. The molecular formula is C26H24ClNO3. The number of ether oxygens (including phenoxy) is 1. The number of halogens is 1. The predicted molar refractivity (Wildman–Crippen MR) is 123 cm³/mol. The van der Waals surface area contributed by atoms with E-state index >= 15 is 0 Å². The van der Waals surface area contributed by atoms with Crippen molar-refractivity contribution in [3.8, 4) is 5.75 Å². The first kappa shape index (κ1) is 20.1. The molecule has 2 saturated carbocycles. The van der Waals surface area contributed by atoms with Gasteiger partial charge in [-0.2, -0.15) is 0 Å². The van der Waals surface area contributed by atoms with E-state index in [0.717, 1.165) is 51.2 Å². The Morgan fingerprint density at radius 1 is 1.19 bits per heavy atom. The van der Waals surface area contributed by atoms with Crippen LogP contribution in [-0.2, 0) is 4.79 Å². The van der Waals surface area contributed by atoms with E-state index in [4.69, 9.17) is 21.4 Å². The van der Waals surface area contributed by atoms with Crippen molar-refractivity contribution < 1.29 is 14.6 Å². The van der Waals surface area contributed by atoms with Crippen LogP contribution in [0.1, 0.15) is 72.8 Å². The second-order valence-electron chi connectivity index (χ2n) is 8.53. The molecule has 31 heavy (non-hydrogen) atoms. The molecule has 0 amide bonds. The molecule has 0 saturated heterocycles. The summed E-state index contributed by atoms with van der Waals surface area (Å²) in [7, 11) is 0. The normalized spacial score (nSPS) is 17.2. The first-order chi connectivity index (χ1) is 15.0. The van der Waals surface area contributed by atoms with Crippen LogP contribution >= 0.6 is 11.6 Å². The number of aliphatic carboxylic acids is 1. The Hall–Kier alpha value is -2.85. The summed E-state index contributed by atoms with van der Waals surface area (Å²) in [5.74, 6) is 0.839. The minimum atomic E-state index is -0.959. The number of carboxylic acids is 1. The van der Waals surface area contributed by atoms with Crippen molar-refractivity contribution in [1.82, 2.24) is 4.98 Å². The Labute approximate surface area is 186 Å². The van der Waals surface area contributed by atoms with E-state index in [1.165, 1.54) is 24.5 Å². The highest BCUT2D eigenvalue weighted by Crippen LogP contribution is 2.47. The molecule has 0 radical (unpaired) electrons. The molecule has 158 valence electrons. The largest absolute Gasteiger partial charge is 0.486 e. The molecule has 2 fully saturated rings. The van der Waals surface area contributed by atoms with E-state index in [0.29, 0.717) is 11.8 Å². The fourth-order valence-corrected chi connectivity index (χ4v) is 4.73. The van der Waals surface area contributed by atoms with Crippen molar-refractivity contribution in [2.24, 2.45) is 0 Å². The SMILES string of the molecule is CC(Oc1ccc2ncc(/C=C/C(=O)O)c(C3CC3)c2c1)c1c(Cl)cccc1C1CC1. The fraction of sp³-hybridized carbons (Fsp3) is 0.308. The standard InChI is InChI=1S/C26H24ClNO3/c1-15(25-20(16-5-6-16)3-2-4-22(25)27)31-19-10-11-23-21(13-19)26(17-7-8-17)18(14-28-23)9-12-24(29)30/h2-4,9-17H,5-8H2,1H3,(H,29,30)/b12-9+. The number of pyridine rings is 1. The number of rotatable bonds is 7. The van der Waals surface area contributed by atoms with Crippen molar-refractivity contribution in [2.75, 3.05) is 0 Å². The summed E-state index contributed by atoms with van der Waals surface area (Å²) in [5.41, 5.74) is 5.29. The summed E-state index contributed by atoms with van der Waals surface area (Å²) in [6.07, 6.45) is 9.05. The summed E-state index contributed by atoms with van der Waals surface area (Å²) in [5, 5.41) is 10.8. The molecule has 2 aliphatic carbocycles. The van der Waals surface area contributed by atoms with Crippen LogP contribution in [0.5, 0.6) is 5.75 Å². The van der Waals surface area contributed by atoms with Crippen LogP contribution in [0.3, 0.4) is 0 Å². The molecule has 5 heteroatoms. The molecule has 1 unspecified atom stereocenters. The Morgan fingerprint density at radius 2 is 1.97 bits per heavy atom. The summed E-state index contributed by atoms with van der Waals surface area (Å²) in [6.45, 7) is 2.05. The van der Waals surface area contributed by atoms with Gasteiger partial charge in [-0.15, -0.1) is 0 Å². The van der Waals surface area contributed by atoms with Gasteiger partial charge in [0.2, 0.25) is 0 Å². The van der Waals surface area contributed by atoms with Crippen molar-refractivity contribution in [2.45, 2.75) is 50.5 Å². The van der Waals surface area contributed by atoms with Crippen LogP contribution in [-0.4, -0.2) is 16.1 Å². The first-order valence-corrected chi connectivity index (χ1v) is 11.2. The van der Waals surface area contributed by atoms with Gasteiger partial charge in [0.25, 0.3) is 0 Å². The predicted octanol–water partition coefficient (Wildman–Crippen LogP) is 6.88.